The molecule has 1 amide bonds. The van der Waals surface area contributed by atoms with Crippen LogP contribution in [0, 0.1) is 0 Å². The van der Waals surface area contributed by atoms with Gasteiger partial charge in [-0.15, -0.1) is 0 Å². The van der Waals surface area contributed by atoms with Crippen LogP contribution in [0.15, 0.2) is 54.7 Å². The van der Waals surface area contributed by atoms with E-state index in [2.05, 4.69) is 20.9 Å². The molecule has 0 spiro atoms. The lowest BCUT2D eigenvalue weighted by molar-refractivity contribution is -0.136. The van der Waals surface area contributed by atoms with Gasteiger partial charge in [-0.2, -0.15) is 0 Å². The minimum Gasteiger partial charge on any atom is -0.357 e. The molecule has 1 fully saturated rings. The molecule has 1 N–H and O–H groups in total. The van der Waals surface area contributed by atoms with E-state index in [1.807, 2.05) is 41.3 Å². The Hall–Kier alpha value is -2.60. The molecule has 0 unspecified atom stereocenters. The van der Waals surface area contributed by atoms with Crippen molar-refractivity contribution in [2.24, 2.45) is 0 Å². The standard InChI is InChI=1S/C23H20Cl2N4O/c24-17-2-4-21-16(10-17)11-18(27-21)13-28-7-8-29(23(30)14-28)12-15-1-3-19-20(25)5-6-26-22(19)9-15/h1-6,9-11,27H,7-8,12-14H2. The summed E-state index contributed by atoms with van der Waals surface area (Å²) in [5.74, 6) is 0.138. The molecule has 3 heterocycles. The van der Waals surface area contributed by atoms with Crippen molar-refractivity contribution < 1.29 is 4.79 Å². The number of halogens is 2. The SMILES string of the molecule is O=C1CN(Cc2cc3cc(Cl)ccc3[nH]2)CCN1Cc1ccc2c(Cl)ccnc2c1. The number of hydrogen-bond acceptors (Lipinski definition) is 3. The van der Waals surface area contributed by atoms with E-state index in [4.69, 9.17) is 23.2 Å². The van der Waals surface area contributed by atoms with Crippen molar-refractivity contribution in [1.29, 1.82) is 0 Å². The predicted molar refractivity (Wildman–Crippen MR) is 121 cm³/mol. The molecule has 1 aliphatic rings. The number of aromatic amines is 1. The van der Waals surface area contributed by atoms with Crippen molar-refractivity contribution in [3.05, 3.63) is 76.0 Å². The van der Waals surface area contributed by atoms with Crippen molar-refractivity contribution >= 4 is 50.9 Å². The van der Waals surface area contributed by atoms with Gasteiger partial charge in [-0.25, -0.2) is 0 Å². The monoisotopic (exact) mass is 438 g/mol. The molecule has 4 aromatic rings. The van der Waals surface area contributed by atoms with Gasteiger partial charge in [0.2, 0.25) is 5.91 Å². The van der Waals surface area contributed by atoms with E-state index in [1.54, 1.807) is 12.3 Å². The first-order valence-corrected chi connectivity index (χ1v) is 10.6. The van der Waals surface area contributed by atoms with Crippen LogP contribution in [0.25, 0.3) is 21.8 Å². The van der Waals surface area contributed by atoms with Gasteiger partial charge >= 0.3 is 0 Å². The first-order chi connectivity index (χ1) is 14.5. The molecule has 5 nitrogen and oxygen atoms in total. The fourth-order valence-corrected chi connectivity index (χ4v) is 4.42. The van der Waals surface area contributed by atoms with Gasteiger partial charge in [0.15, 0.2) is 0 Å². The molecule has 0 aliphatic carbocycles. The van der Waals surface area contributed by atoms with Gasteiger partial charge in [0.25, 0.3) is 0 Å². The highest BCUT2D eigenvalue weighted by Gasteiger charge is 2.24. The van der Waals surface area contributed by atoms with E-state index in [0.717, 1.165) is 44.6 Å². The summed E-state index contributed by atoms with van der Waals surface area (Å²) in [4.78, 5) is 24.6. The van der Waals surface area contributed by atoms with Crippen LogP contribution < -0.4 is 0 Å². The number of pyridine rings is 1. The predicted octanol–water partition coefficient (Wildman–Crippen LogP) is 4.87. The molecule has 0 radical (unpaired) electrons. The molecule has 2 aromatic heterocycles. The average molecular weight is 439 g/mol. The third-order valence-corrected chi connectivity index (χ3v) is 6.12. The van der Waals surface area contributed by atoms with Crippen molar-refractivity contribution in [2.75, 3.05) is 19.6 Å². The first-order valence-electron chi connectivity index (χ1n) is 9.85. The van der Waals surface area contributed by atoms with Crippen LogP contribution in [0.4, 0.5) is 0 Å². The quantitative estimate of drug-likeness (QED) is 0.494. The Morgan fingerprint density at radius 2 is 1.90 bits per heavy atom. The van der Waals surface area contributed by atoms with Gasteiger partial charge < -0.3 is 9.88 Å². The lowest BCUT2D eigenvalue weighted by Crippen LogP contribution is -2.49. The maximum Gasteiger partial charge on any atom is 0.237 e. The van der Waals surface area contributed by atoms with Gasteiger partial charge in [-0.3, -0.25) is 14.7 Å². The smallest absolute Gasteiger partial charge is 0.237 e. The largest absolute Gasteiger partial charge is 0.357 e. The number of fused-ring (bicyclic) bond motifs is 2. The number of nitrogens with one attached hydrogen (secondary N) is 1. The second-order valence-electron chi connectivity index (χ2n) is 7.70. The van der Waals surface area contributed by atoms with Crippen molar-refractivity contribution in [3.8, 4) is 0 Å². The highest BCUT2D eigenvalue weighted by Crippen LogP contribution is 2.24. The minimum atomic E-state index is 0.138. The maximum atomic E-state index is 12.8. The Kier molecular flexibility index (Phi) is 5.11. The molecule has 0 bridgehead atoms. The number of nitrogens with zero attached hydrogens (tertiary/aromatic N) is 3. The molecule has 152 valence electrons. The van der Waals surface area contributed by atoms with E-state index < -0.39 is 0 Å². The molecular weight excluding hydrogens is 419 g/mol. The van der Waals surface area contributed by atoms with E-state index in [0.29, 0.717) is 31.2 Å². The first kappa shape index (κ1) is 19.4. The van der Waals surface area contributed by atoms with Gasteiger partial charge in [0.1, 0.15) is 0 Å². The summed E-state index contributed by atoms with van der Waals surface area (Å²) in [6.07, 6.45) is 1.70. The summed E-state index contributed by atoms with van der Waals surface area (Å²) in [5, 5.41) is 3.43. The molecule has 5 rings (SSSR count). The zero-order valence-electron chi connectivity index (χ0n) is 16.2. The number of benzene rings is 2. The van der Waals surface area contributed by atoms with Crippen molar-refractivity contribution in [3.63, 3.8) is 0 Å². The van der Waals surface area contributed by atoms with E-state index in [1.165, 1.54) is 0 Å². The third-order valence-electron chi connectivity index (χ3n) is 5.56. The molecule has 0 atom stereocenters. The fraction of sp³-hybridized carbons (Fsp3) is 0.217. The zero-order chi connectivity index (χ0) is 20.7. The normalized spacial score (nSPS) is 15.4. The summed E-state index contributed by atoms with van der Waals surface area (Å²) in [6, 6.07) is 15.7. The molecular formula is C23H20Cl2N4O. The number of amides is 1. The topological polar surface area (TPSA) is 52.2 Å². The summed E-state index contributed by atoms with van der Waals surface area (Å²) in [7, 11) is 0. The van der Waals surface area contributed by atoms with Crippen LogP contribution in [-0.2, 0) is 17.9 Å². The number of carbonyl (C=O) groups excluding carboxylic acids is 1. The van der Waals surface area contributed by atoms with Gasteiger partial charge in [0, 0.05) is 59.4 Å². The molecule has 1 saturated heterocycles. The highest BCUT2D eigenvalue weighted by atomic mass is 35.5. The lowest BCUT2D eigenvalue weighted by atomic mass is 10.1. The Labute approximate surface area is 184 Å². The van der Waals surface area contributed by atoms with Crippen molar-refractivity contribution in [1.82, 2.24) is 19.8 Å². The van der Waals surface area contributed by atoms with Crippen LogP contribution in [-0.4, -0.2) is 45.3 Å². The molecule has 0 saturated carbocycles. The number of piperazine rings is 1. The van der Waals surface area contributed by atoms with E-state index >= 15 is 0 Å². The highest BCUT2D eigenvalue weighted by molar-refractivity contribution is 6.35. The van der Waals surface area contributed by atoms with Gasteiger partial charge in [-0.05, 0) is 42.0 Å². The summed E-state index contributed by atoms with van der Waals surface area (Å²) in [5.41, 5.74) is 4.06. The fourth-order valence-electron chi connectivity index (χ4n) is 4.03. The zero-order valence-corrected chi connectivity index (χ0v) is 17.7. The molecule has 7 heteroatoms. The van der Waals surface area contributed by atoms with Crippen LogP contribution in [0.5, 0.6) is 0 Å². The average Bonchev–Trinajstić information content (AvgIpc) is 3.11. The maximum absolute atomic E-state index is 12.8. The number of carbonyl (C=O) groups is 1. The second-order valence-corrected chi connectivity index (χ2v) is 8.54. The summed E-state index contributed by atoms with van der Waals surface area (Å²) in [6.45, 7) is 3.24. The molecule has 30 heavy (non-hydrogen) atoms. The number of H-pyrrole nitrogens is 1. The number of hydrogen-bond donors (Lipinski definition) is 1. The van der Waals surface area contributed by atoms with Crippen LogP contribution >= 0.6 is 23.2 Å². The van der Waals surface area contributed by atoms with Crippen LogP contribution in [0.2, 0.25) is 10.0 Å². The Morgan fingerprint density at radius 1 is 1.00 bits per heavy atom. The van der Waals surface area contributed by atoms with Crippen LogP contribution in [0.1, 0.15) is 11.3 Å². The van der Waals surface area contributed by atoms with Crippen LogP contribution in [0.3, 0.4) is 0 Å². The van der Waals surface area contributed by atoms with Gasteiger partial charge in [0.05, 0.1) is 17.1 Å². The number of aromatic nitrogens is 2. The minimum absolute atomic E-state index is 0.138. The second kappa shape index (κ2) is 7.91. The Morgan fingerprint density at radius 3 is 2.77 bits per heavy atom. The lowest BCUT2D eigenvalue weighted by Gasteiger charge is -2.34. The van der Waals surface area contributed by atoms with E-state index in [-0.39, 0.29) is 5.91 Å². The van der Waals surface area contributed by atoms with E-state index in [9.17, 15) is 4.79 Å². The number of rotatable bonds is 4. The van der Waals surface area contributed by atoms with Crippen molar-refractivity contribution in [2.45, 2.75) is 13.1 Å². The molecule has 2 aromatic carbocycles. The third kappa shape index (κ3) is 3.88. The summed E-state index contributed by atoms with van der Waals surface area (Å²) >= 11 is 12.3. The van der Waals surface area contributed by atoms with Gasteiger partial charge in [-0.1, -0.05) is 35.3 Å². The Bertz CT molecular complexity index is 1250. The summed E-state index contributed by atoms with van der Waals surface area (Å²) < 4.78 is 0. The Balaban J connectivity index is 1.24. The molecule has 1 aliphatic heterocycles.